The molecule has 6 heteroatoms. The van der Waals surface area contributed by atoms with Crippen molar-refractivity contribution in [2.75, 3.05) is 26.3 Å². The summed E-state index contributed by atoms with van der Waals surface area (Å²) in [5, 5.41) is 29.4. The van der Waals surface area contributed by atoms with Crippen LogP contribution in [-0.4, -0.2) is 75.6 Å². The smallest absolute Gasteiger partial charge is 0.220 e. The molecule has 6 nitrogen and oxygen atoms in total. The van der Waals surface area contributed by atoms with Crippen LogP contribution in [0.2, 0.25) is 0 Å². The fourth-order valence-electron chi connectivity index (χ4n) is 1.96. The molecule has 3 N–H and O–H groups in total. The number of nitrogens with zero attached hydrogens (tertiary/aromatic N) is 2. The highest BCUT2D eigenvalue weighted by Crippen LogP contribution is 2.05. The summed E-state index contributed by atoms with van der Waals surface area (Å²) in [6, 6.07) is 0. The summed E-state index contributed by atoms with van der Waals surface area (Å²) in [6.07, 6.45) is 0.298. The Morgan fingerprint density at radius 1 is 0.857 bits per heavy atom. The van der Waals surface area contributed by atoms with E-state index in [2.05, 4.69) is 0 Å². The molecule has 0 aromatic carbocycles. The van der Waals surface area contributed by atoms with Gasteiger partial charge >= 0.3 is 0 Å². The predicted molar refractivity (Wildman–Crippen MR) is 82.7 cm³/mol. The zero-order valence-electron chi connectivity index (χ0n) is 13.8. The third-order valence-electron chi connectivity index (χ3n) is 3.60. The highest BCUT2D eigenvalue weighted by Gasteiger charge is 2.20. The summed E-state index contributed by atoms with van der Waals surface area (Å²) in [5.74, 6) is -0.121. The minimum absolute atomic E-state index is 0.121. The summed E-state index contributed by atoms with van der Waals surface area (Å²) < 4.78 is 0. The van der Waals surface area contributed by atoms with E-state index in [0.717, 1.165) is 0 Å². The highest BCUT2D eigenvalue weighted by atomic mass is 16.3. The van der Waals surface area contributed by atoms with E-state index in [4.69, 9.17) is 0 Å². The van der Waals surface area contributed by atoms with Gasteiger partial charge in [0, 0.05) is 26.6 Å². The van der Waals surface area contributed by atoms with Crippen LogP contribution in [0, 0.1) is 0 Å². The van der Waals surface area contributed by atoms with E-state index in [1.807, 2.05) is 25.7 Å². The molecule has 0 saturated carbocycles. The fourth-order valence-corrected chi connectivity index (χ4v) is 1.96. The van der Waals surface area contributed by atoms with Crippen molar-refractivity contribution in [3.05, 3.63) is 0 Å². The van der Waals surface area contributed by atoms with E-state index in [0.29, 0.717) is 39.0 Å². The Morgan fingerprint density at radius 3 is 1.57 bits per heavy atom. The summed E-state index contributed by atoms with van der Waals surface area (Å²) in [5.41, 5.74) is 0. The number of rotatable bonds is 11. The van der Waals surface area contributed by atoms with Crippen molar-refractivity contribution in [2.24, 2.45) is 0 Å². The fraction of sp³-hybridized carbons (Fsp3) is 0.933. The summed E-state index contributed by atoms with van der Waals surface area (Å²) in [6.45, 7) is 8.49. The molecule has 126 valence electrons. The normalized spacial score (nSPS) is 15.8. The maximum Gasteiger partial charge on any atom is 0.220 e. The van der Waals surface area contributed by atoms with E-state index in [9.17, 15) is 20.1 Å². The van der Waals surface area contributed by atoms with E-state index >= 15 is 0 Å². The molecule has 0 aromatic heterocycles. The number of carbonyl (C=O) groups excluding carboxylic acids is 1. The first-order valence-corrected chi connectivity index (χ1v) is 7.85. The molecule has 0 aliphatic rings. The van der Waals surface area contributed by atoms with E-state index in [-0.39, 0.29) is 12.5 Å². The molecule has 0 bridgehead atoms. The van der Waals surface area contributed by atoms with Gasteiger partial charge in [-0.2, -0.15) is 0 Å². The lowest BCUT2D eigenvalue weighted by Crippen LogP contribution is -2.48. The molecule has 3 atom stereocenters. The van der Waals surface area contributed by atoms with Crippen molar-refractivity contribution in [1.29, 1.82) is 0 Å². The zero-order chi connectivity index (χ0) is 16.4. The van der Waals surface area contributed by atoms with Crippen LogP contribution < -0.4 is 0 Å². The largest absolute Gasteiger partial charge is 0.392 e. The van der Waals surface area contributed by atoms with Gasteiger partial charge in [-0.15, -0.1) is 0 Å². The maximum atomic E-state index is 11.7. The number of carbonyl (C=O) groups is 1. The van der Waals surface area contributed by atoms with Gasteiger partial charge in [0.2, 0.25) is 5.91 Å². The van der Waals surface area contributed by atoms with Crippen LogP contribution >= 0.6 is 0 Å². The number of aliphatic hydroxyl groups excluding tert-OH is 3. The molecule has 0 aliphatic carbocycles. The number of amides is 1. The first-order valence-electron chi connectivity index (χ1n) is 7.85. The molecule has 0 fully saturated rings. The zero-order valence-corrected chi connectivity index (χ0v) is 13.8. The van der Waals surface area contributed by atoms with Crippen LogP contribution in [0.3, 0.4) is 0 Å². The Balaban J connectivity index is 4.73. The molecule has 21 heavy (non-hydrogen) atoms. The molecular formula is C15H32N2O4. The average Bonchev–Trinajstić information content (AvgIpc) is 2.45. The van der Waals surface area contributed by atoms with Crippen LogP contribution in [0.1, 0.15) is 47.0 Å². The first kappa shape index (κ1) is 20.3. The second-order valence-electron chi connectivity index (χ2n) is 5.61. The van der Waals surface area contributed by atoms with Crippen LogP contribution in [-0.2, 0) is 4.79 Å². The van der Waals surface area contributed by atoms with Crippen molar-refractivity contribution in [3.8, 4) is 0 Å². The van der Waals surface area contributed by atoms with Gasteiger partial charge in [-0.25, -0.2) is 0 Å². The predicted octanol–water partition coefficient (Wildman–Crippen LogP) is 0.407. The number of aliphatic hydroxyl groups is 3. The highest BCUT2D eigenvalue weighted by molar-refractivity contribution is 5.73. The molecule has 0 spiro atoms. The molecule has 1 amide bonds. The van der Waals surface area contributed by atoms with Gasteiger partial charge in [0.1, 0.15) is 0 Å². The Hall–Kier alpha value is -0.690. The molecular weight excluding hydrogens is 272 g/mol. The third-order valence-corrected chi connectivity index (χ3v) is 3.60. The van der Waals surface area contributed by atoms with Gasteiger partial charge in [0.05, 0.1) is 25.0 Å². The third kappa shape index (κ3) is 9.03. The van der Waals surface area contributed by atoms with Crippen molar-refractivity contribution >= 4 is 5.91 Å². The van der Waals surface area contributed by atoms with Crippen molar-refractivity contribution in [3.63, 3.8) is 0 Å². The quantitative estimate of drug-likeness (QED) is 0.481. The molecule has 0 heterocycles. The van der Waals surface area contributed by atoms with Gasteiger partial charge in [0.15, 0.2) is 0 Å². The van der Waals surface area contributed by atoms with Gasteiger partial charge in [-0.1, -0.05) is 20.8 Å². The molecule has 0 rings (SSSR count). The minimum Gasteiger partial charge on any atom is -0.392 e. The monoisotopic (exact) mass is 304 g/mol. The average molecular weight is 304 g/mol. The standard InChI is InChI=1S/C15H32N2O4/c1-5-13(19)8-16(9-14(20)6-2)11-17(12(4)18)10-15(21)7-3/h13-15,19-21H,5-11H2,1-4H3. The van der Waals surface area contributed by atoms with Gasteiger partial charge < -0.3 is 20.2 Å². The second kappa shape index (κ2) is 11.0. The molecule has 0 saturated heterocycles. The van der Waals surface area contributed by atoms with Crippen molar-refractivity contribution in [1.82, 2.24) is 9.80 Å². The van der Waals surface area contributed by atoms with Gasteiger partial charge in [0.25, 0.3) is 0 Å². The lowest BCUT2D eigenvalue weighted by atomic mass is 10.2. The van der Waals surface area contributed by atoms with Crippen LogP contribution in [0.25, 0.3) is 0 Å². The molecule has 3 unspecified atom stereocenters. The Labute approximate surface area is 128 Å². The van der Waals surface area contributed by atoms with Crippen molar-refractivity contribution < 1.29 is 20.1 Å². The first-order chi connectivity index (χ1) is 9.83. The Bertz CT molecular complexity index is 277. The molecule has 0 aliphatic heterocycles. The minimum atomic E-state index is -0.553. The van der Waals surface area contributed by atoms with E-state index < -0.39 is 18.3 Å². The topological polar surface area (TPSA) is 84.2 Å². The van der Waals surface area contributed by atoms with E-state index in [1.165, 1.54) is 6.92 Å². The van der Waals surface area contributed by atoms with Crippen LogP contribution in [0.4, 0.5) is 0 Å². The molecule has 0 radical (unpaired) electrons. The van der Waals surface area contributed by atoms with E-state index in [1.54, 1.807) is 4.90 Å². The SMILES string of the molecule is CCC(O)CN(CC(O)CC)CN(CC(O)CC)C(C)=O. The van der Waals surface area contributed by atoms with Gasteiger partial charge in [-0.3, -0.25) is 9.69 Å². The van der Waals surface area contributed by atoms with Crippen LogP contribution in [0.5, 0.6) is 0 Å². The van der Waals surface area contributed by atoms with Crippen LogP contribution in [0.15, 0.2) is 0 Å². The summed E-state index contributed by atoms with van der Waals surface area (Å²) >= 11 is 0. The summed E-state index contributed by atoms with van der Waals surface area (Å²) in [4.78, 5) is 15.1. The van der Waals surface area contributed by atoms with Gasteiger partial charge in [-0.05, 0) is 19.3 Å². The van der Waals surface area contributed by atoms with Crippen molar-refractivity contribution in [2.45, 2.75) is 65.3 Å². The summed E-state index contributed by atoms with van der Waals surface area (Å²) in [7, 11) is 0. The number of hydrogen-bond acceptors (Lipinski definition) is 5. The maximum absolute atomic E-state index is 11.7. The lowest BCUT2D eigenvalue weighted by Gasteiger charge is -2.33. The molecule has 0 aromatic rings. The Kier molecular flexibility index (Phi) is 10.6. The number of hydrogen-bond donors (Lipinski definition) is 3. The lowest BCUT2D eigenvalue weighted by molar-refractivity contribution is -0.133. The Morgan fingerprint density at radius 2 is 1.24 bits per heavy atom. The second-order valence-corrected chi connectivity index (χ2v) is 5.61.